The molecule has 3 aromatic heterocycles. The summed E-state index contributed by atoms with van der Waals surface area (Å²) in [7, 11) is -3.49. The Bertz CT molecular complexity index is 1570. The normalized spacial score (nSPS) is 13.2. The topological polar surface area (TPSA) is 139 Å². The van der Waals surface area contributed by atoms with E-state index in [1.165, 1.54) is 29.8 Å². The first-order valence-corrected chi connectivity index (χ1v) is 14.1. The molecule has 37 heavy (non-hydrogen) atoms. The van der Waals surface area contributed by atoms with E-state index >= 15 is 0 Å². The molecule has 2 amide bonds. The molecule has 1 aliphatic rings. The van der Waals surface area contributed by atoms with Gasteiger partial charge in [0.05, 0.1) is 29.8 Å². The van der Waals surface area contributed by atoms with Crippen LogP contribution < -0.4 is 15.5 Å². The third-order valence-corrected chi connectivity index (χ3v) is 7.46. The molecule has 1 aliphatic heterocycles. The monoisotopic (exact) mass is 537 g/mol. The zero-order valence-corrected chi connectivity index (χ0v) is 21.4. The van der Waals surface area contributed by atoms with E-state index < -0.39 is 21.8 Å². The largest absolute Gasteiger partial charge is 0.343 e. The number of nitrogens with one attached hydrogen (secondary N) is 2. The maximum Gasteiger partial charge on any atom is 0.253 e. The summed E-state index contributed by atoms with van der Waals surface area (Å²) in [5.41, 5.74) is 3.47. The molecule has 0 atom stereocenters. The minimum absolute atomic E-state index is 0.135. The summed E-state index contributed by atoms with van der Waals surface area (Å²) in [6.07, 6.45) is 6.40. The fourth-order valence-electron chi connectivity index (χ4n) is 3.62. The summed E-state index contributed by atoms with van der Waals surface area (Å²) in [6, 6.07) is 11.1. The van der Waals surface area contributed by atoms with Gasteiger partial charge >= 0.3 is 0 Å². The van der Waals surface area contributed by atoms with Gasteiger partial charge in [-0.15, -0.1) is 11.3 Å². The second-order valence-corrected chi connectivity index (χ2v) is 11.2. The molecule has 0 bridgehead atoms. The first-order chi connectivity index (χ1) is 17.8. The van der Waals surface area contributed by atoms with Crippen LogP contribution >= 0.6 is 11.3 Å². The van der Waals surface area contributed by atoms with Crippen LogP contribution in [0.15, 0.2) is 60.4 Å². The van der Waals surface area contributed by atoms with Crippen molar-refractivity contribution in [3.8, 4) is 22.5 Å². The molecular formula is C24H23N7O4S2. The van der Waals surface area contributed by atoms with Crippen LogP contribution in [0.2, 0.25) is 0 Å². The van der Waals surface area contributed by atoms with Gasteiger partial charge in [-0.25, -0.2) is 23.4 Å². The highest BCUT2D eigenvalue weighted by Crippen LogP contribution is 2.29. The number of carbonyl (C=O) groups excluding carboxylic acids is 2. The van der Waals surface area contributed by atoms with Crippen LogP contribution in [0.5, 0.6) is 0 Å². The van der Waals surface area contributed by atoms with Crippen LogP contribution in [0.4, 0.5) is 11.1 Å². The molecule has 1 aromatic carbocycles. The molecule has 1 saturated heterocycles. The number of anilines is 2. The van der Waals surface area contributed by atoms with Gasteiger partial charge in [-0.05, 0) is 24.6 Å². The number of rotatable bonds is 8. The molecule has 13 heteroatoms. The molecular weight excluding hydrogens is 514 g/mol. The van der Waals surface area contributed by atoms with Crippen molar-refractivity contribution < 1.29 is 18.0 Å². The smallest absolute Gasteiger partial charge is 0.253 e. The Morgan fingerprint density at radius 1 is 1.08 bits per heavy atom. The Morgan fingerprint density at radius 2 is 1.86 bits per heavy atom. The van der Waals surface area contributed by atoms with Crippen LogP contribution in [-0.4, -0.2) is 65.0 Å². The van der Waals surface area contributed by atoms with Crippen molar-refractivity contribution in [2.75, 3.05) is 36.1 Å². The summed E-state index contributed by atoms with van der Waals surface area (Å²) in [4.78, 5) is 40.3. The third kappa shape index (κ3) is 5.67. The molecule has 0 spiro atoms. The van der Waals surface area contributed by atoms with E-state index in [1.54, 1.807) is 6.20 Å². The van der Waals surface area contributed by atoms with Gasteiger partial charge in [0.25, 0.3) is 5.91 Å². The van der Waals surface area contributed by atoms with Crippen LogP contribution in [0.1, 0.15) is 16.8 Å². The highest BCUT2D eigenvalue weighted by Gasteiger charge is 2.18. The van der Waals surface area contributed by atoms with Gasteiger partial charge in [0.1, 0.15) is 0 Å². The zero-order valence-electron chi connectivity index (χ0n) is 19.8. The van der Waals surface area contributed by atoms with Crippen LogP contribution in [0.25, 0.3) is 22.5 Å². The zero-order chi connectivity index (χ0) is 26.0. The van der Waals surface area contributed by atoms with E-state index in [0.29, 0.717) is 10.8 Å². The number of hydrogen-bond donors (Lipinski definition) is 2. The maximum atomic E-state index is 12.3. The van der Waals surface area contributed by atoms with Crippen molar-refractivity contribution in [2.45, 2.75) is 6.42 Å². The number of thiazole rings is 1. The van der Waals surface area contributed by atoms with Gasteiger partial charge in [0, 0.05) is 48.2 Å². The Kier molecular flexibility index (Phi) is 6.72. The molecule has 11 nitrogen and oxygen atoms in total. The molecule has 2 N–H and O–H groups in total. The standard InChI is InChI=1S/C24H23N7O4S2/c1-37(34,35)31-11-7-18(14-31)22(33)26-13-21(32)29-24-28-20(15-36-24)17-5-2-4-16(12-17)19-6-8-25-23(27-19)30-9-3-10-30/h2,4-8,11-12,14-15H,3,9-10,13H2,1H3,(H,26,33)(H,28,29,32). The lowest BCUT2D eigenvalue weighted by atomic mass is 10.1. The third-order valence-electron chi connectivity index (χ3n) is 5.71. The number of benzene rings is 1. The fraction of sp³-hybridized carbons (Fsp3) is 0.208. The molecule has 5 rings (SSSR count). The molecule has 1 fully saturated rings. The van der Waals surface area contributed by atoms with E-state index in [1.807, 2.05) is 35.7 Å². The van der Waals surface area contributed by atoms with Gasteiger partial charge in [-0.2, -0.15) is 0 Å². The number of carbonyl (C=O) groups is 2. The van der Waals surface area contributed by atoms with Gasteiger partial charge in [0.2, 0.25) is 21.9 Å². The summed E-state index contributed by atoms with van der Waals surface area (Å²) in [5.74, 6) is -0.283. The Balaban J connectivity index is 1.21. The molecule has 0 aliphatic carbocycles. The summed E-state index contributed by atoms with van der Waals surface area (Å²) < 4.78 is 24.0. The van der Waals surface area contributed by atoms with Crippen molar-refractivity contribution in [3.63, 3.8) is 0 Å². The molecule has 0 saturated carbocycles. The number of hydrogen-bond acceptors (Lipinski definition) is 9. The van der Waals surface area contributed by atoms with Crippen molar-refractivity contribution in [2.24, 2.45) is 0 Å². The molecule has 0 radical (unpaired) electrons. The molecule has 4 aromatic rings. The lowest BCUT2D eigenvalue weighted by Crippen LogP contribution is -2.38. The fourth-order valence-corrected chi connectivity index (χ4v) is 4.95. The highest BCUT2D eigenvalue weighted by molar-refractivity contribution is 7.89. The molecule has 0 unspecified atom stereocenters. The molecule has 190 valence electrons. The lowest BCUT2D eigenvalue weighted by Gasteiger charge is -2.30. The Morgan fingerprint density at radius 3 is 2.57 bits per heavy atom. The number of aromatic nitrogens is 4. The second kappa shape index (κ2) is 10.1. The van der Waals surface area contributed by atoms with Crippen molar-refractivity contribution >= 4 is 44.3 Å². The minimum Gasteiger partial charge on any atom is -0.343 e. The summed E-state index contributed by atoms with van der Waals surface area (Å²) in [6.45, 7) is 1.65. The molecule has 4 heterocycles. The van der Waals surface area contributed by atoms with Gasteiger partial charge in [-0.1, -0.05) is 18.2 Å². The van der Waals surface area contributed by atoms with E-state index in [9.17, 15) is 18.0 Å². The van der Waals surface area contributed by atoms with Crippen molar-refractivity contribution in [3.05, 3.63) is 65.9 Å². The van der Waals surface area contributed by atoms with E-state index in [2.05, 4.69) is 30.5 Å². The van der Waals surface area contributed by atoms with E-state index in [4.69, 9.17) is 0 Å². The maximum absolute atomic E-state index is 12.3. The van der Waals surface area contributed by atoms with Gasteiger partial charge < -0.3 is 15.5 Å². The Labute approximate surface area is 217 Å². The van der Waals surface area contributed by atoms with Crippen LogP contribution in [-0.2, 0) is 14.8 Å². The second-order valence-electron chi connectivity index (χ2n) is 8.43. The predicted molar refractivity (Wildman–Crippen MR) is 141 cm³/mol. The van der Waals surface area contributed by atoms with Gasteiger partial charge in [0.15, 0.2) is 5.13 Å². The number of amides is 2. The first kappa shape index (κ1) is 24.6. The lowest BCUT2D eigenvalue weighted by molar-refractivity contribution is -0.115. The average molecular weight is 538 g/mol. The predicted octanol–water partition coefficient (Wildman–Crippen LogP) is 2.45. The summed E-state index contributed by atoms with van der Waals surface area (Å²) in [5, 5.41) is 7.38. The van der Waals surface area contributed by atoms with Crippen LogP contribution in [0, 0.1) is 0 Å². The number of nitrogens with zero attached hydrogens (tertiary/aromatic N) is 5. The summed E-state index contributed by atoms with van der Waals surface area (Å²) >= 11 is 1.27. The quantitative estimate of drug-likeness (QED) is 0.349. The van der Waals surface area contributed by atoms with Gasteiger partial charge in [-0.3, -0.25) is 13.6 Å². The first-order valence-electron chi connectivity index (χ1n) is 11.4. The van der Waals surface area contributed by atoms with Crippen LogP contribution in [0.3, 0.4) is 0 Å². The average Bonchev–Trinajstić information content (AvgIpc) is 3.52. The highest BCUT2D eigenvalue weighted by atomic mass is 32.2. The Hall–Kier alpha value is -4.10. The van der Waals surface area contributed by atoms with E-state index in [-0.39, 0.29) is 12.1 Å². The van der Waals surface area contributed by atoms with Crippen molar-refractivity contribution in [1.29, 1.82) is 0 Å². The van der Waals surface area contributed by atoms with E-state index in [0.717, 1.165) is 52.5 Å². The minimum atomic E-state index is -3.49. The SMILES string of the molecule is CS(=O)(=O)n1ccc(C(=O)NCC(=O)Nc2nc(-c3cccc(-c4ccnc(N5CCC5)n4)c3)cs2)c1. The van der Waals surface area contributed by atoms with Crippen molar-refractivity contribution in [1.82, 2.24) is 24.2 Å².